The predicted molar refractivity (Wildman–Crippen MR) is 98.2 cm³/mol. The van der Waals surface area contributed by atoms with Crippen LogP contribution in [0.3, 0.4) is 0 Å². The van der Waals surface area contributed by atoms with Gasteiger partial charge in [0.2, 0.25) is 0 Å². The van der Waals surface area contributed by atoms with Gasteiger partial charge in [0.15, 0.2) is 0 Å². The summed E-state index contributed by atoms with van der Waals surface area (Å²) in [6.45, 7) is 2.21. The van der Waals surface area contributed by atoms with Crippen LogP contribution in [0.25, 0.3) is 10.2 Å². The molecule has 1 fully saturated rings. The van der Waals surface area contributed by atoms with Crippen LogP contribution in [0.1, 0.15) is 28.9 Å². The molecule has 0 N–H and O–H groups in total. The fourth-order valence-corrected chi connectivity index (χ4v) is 4.92. The summed E-state index contributed by atoms with van der Waals surface area (Å²) in [5.41, 5.74) is 2.72. The van der Waals surface area contributed by atoms with Gasteiger partial charge in [0.1, 0.15) is 11.5 Å². The summed E-state index contributed by atoms with van der Waals surface area (Å²) in [6.07, 6.45) is 2.14. The zero-order chi connectivity index (χ0) is 16.7. The minimum atomic E-state index is -0.249. The molecular formula is C18H16BrFN2OS. The van der Waals surface area contributed by atoms with E-state index in [-0.39, 0.29) is 11.7 Å². The van der Waals surface area contributed by atoms with E-state index in [1.165, 1.54) is 12.1 Å². The molecular weight excluding hydrogens is 391 g/mol. The Hall–Kier alpha value is -1.66. The van der Waals surface area contributed by atoms with E-state index in [0.29, 0.717) is 12.2 Å². The summed E-state index contributed by atoms with van der Waals surface area (Å²) in [4.78, 5) is 14.8. The molecule has 0 radical (unpaired) electrons. The van der Waals surface area contributed by atoms with Crippen LogP contribution in [-0.2, 0) is 6.54 Å². The van der Waals surface area contributed by atoms with Gasteiger partial charge in [-0.1, -0.05) is 12.1 Å². The summed E-state index contributed by atoms with van der Waals surface area (Å²) in [5.74, 6) is -0.161. The fraction of sp³-hybridized carbons (Fsp3) is 0.278. The Morgan fingerprint density at radius 3 is 2.62 bits per heavy atom. The summed E-state index contributed by atoms with van der Waals surface area (Å²) < 4.78 is 17.3. The molecule has 1 aromatic carbocycles. The molecule has 0 saturated carbocycles. The van der Waals surface area contributed by atoms with Gasteiger partial charge < -0.3 is 9.47 Å². The van der Waals surface area contributed by atoms with Crippen molar-refractivity contribution in [2.24, 2.45) is 0 Å². The number of carbonyl (C=O) groups is 1. The number of thiophene rings is 1. The number of benzene rings is 1. The lowest BCUT2D eigenvalue weighted by atomic mass is 10.2. The number of fused-ring (bicyclic) bond motifs is 1. The highest BCUT2D eigenvalue weighted by molar-refractivity contribution is 9.10. The van der Waals surface area contributed by atoms with Crippen LogP contribution in [0, 0.1) is 5.82 Å². The second-order valence-electron chi connectivity index (χ2n) is 6.04. The third kappa shape index (κ3) is 2.78. The first-order valence-electron chi connectivity index (χ1n) is 7.93. The standard InChI is InChI=1S/C18H16BrFN2OS/c19-14-11-24-16-9-15(18(23)21-7-1-2-8-21)22(17(14)16)10-12-3-5-13(20)6-4-12/h3-6,9,11H,1-2,7-8,10H2. The summed E-state index contributed by atoms with van der Waals surface area (Å²) in [5, 5.41) is 2.04. The molecule has 1 amide bonds. The van der Waals surface area contributed by atoms with Crippen molar-refractivity contribution in [1.82, 2.24) is 9.47 Å². The minimum Gasteiger partial charge on any atom is -0.337 e. The van der Waals surface area contributed by atoms with Gasteiger partial charge in [0.05, 0.1) is 14.7 Å². The van der Waals surface area contributed by atoms with Gasteiger partial charge in [0, 0.05) is 25.0 Å². The summed E-state index contributed by atoms with van der Waals surface area (Å²) in [6, 6.07) is 8.44. The molecule has 1 aliphatic heterocycles. The van der Waals surface area contributed by atoms with Crippen molar-refractivity contribution in [1.29, 1.82) is 0 Å². The molecule has 124 valence electrons. The van der Waals surface area contributed by atoms with Crippen molar-refractivity contribution in [2.75, 3.05) is 13.1 Å². The number of nitrogens with zero attached hydrogens (tertiary/aromatic N) is 2. The highest BCUT2D eigenvalue weighted by atomic mass is 79.9. The van der Waals surface area contributed by atoms with E-state index in [4.69, 9.17) is 0 Å². The number of aromatic nitrogens is 1. The molecule has 6 heteroatoms. The van der Waals surface area contributed by atoms with Crippen molar-refractivity contribution in [3.8, 4) is 0 Å². The first-order valence-corrected chi connectivity index (χ1v) is 9.61. The predicted octanol–water partition coefficient (Wildman–Crippen LogP) is 4.89. The Balaban J connectivity index is 1.78. The van der Waals surface area contributed by atoms with E-state index in [1.54, 1.807) is 23.5 Å². The Labute approximate surface area is 151 Å². The van der Waals surface area contributed by atoms with Gasteiger partial charge in [0.25, 0.3) is 5.91 Å². The highest BCUT2D eigenvalue weighted by Crippen LogP contribution is 2.34. The van der Waals surface area contributed by atoms with E-state index >= 15 is 0 Å². The largest absolute Gasteiger partial charge is 0.337 e. The molecule has 0 unspecified atom stereocenters. The number of hydrogen-bond donors (Lipinski definition) is 0. The van der Waals surface area contributed by atoms with Crippen LogP contribution >= 0.6 is 27.3 Å². The molecule has 1 aliphatic rings. The van der Waals surface area contributed by atoms with Gasteiger partial charge >= 0.3 is 0 Å². The molecule has 3 heterocycles. The van der Waals surface area contributed by atoms with Crippen molar-refractivity contribution in [2.45, 2.75) is 19.4 Å². The average molecular weight is 407 g/mol. The van der Waals surface area contributed by atoms with Crippen LogP contribution in [0.15, 0.2) is 40.2 Å². The van der Waals surface area contributed by atoms with Gasteiger partial charge in [-0.2, -0.15) is 0 Å². The molecule has 0 bridgehead atoms. The average Bonchev–Trinajstić information content (AvgIpc) is 3.29. The summed E-state index contributed by atoms with van der Waals surface area (Å²) in [7, 11) is 0. The van der Waals surface area contributed by atoms with Crippen molar-refractivity contribution in [3.63, 3.8) is 0 Å². The van der Waals surface area contributed by atoms with E-state index in [0.717, 1.165) is 46.2 Å². The highest BCUT2D eigenvalue weighted by Gasteiger charge is 2.25. The third-order valence-electron chi connectivity index (χ3n) is 4.44. The van der Waals surface area contributed by atoms with E-state index in [2.05, 4.69) is 15.9 Å². The first kappa shape index (κ1) is 15.8. The fourth-order valence-electron chi connectivity index (χ4n) is 3.23. The van der Waals surface area contributed by atoms with E-state index < -0.39 is 0 Å². The van der Waals surface area contributed by atoms with Crippen LogP contribution in [0.2, 0.25) is 0 Å². The Morgan fingerprint density at radius 1 is 1.21 bits per heavy atom. The Bertz CT molecular complexity index is 894. The number of hydrogen-bond acceptors (Lipinski definition) is 2. The van der Waals surface area contributed by atoms with Crippen molar-refractivity contribution < 1.29 is 9.18 Å². The number of carbonyl (C=O) groups excluding carboxylic acids is 1. The van der Waals surface area contributed by atoms with Crippen LogP contribution in [-0.4, -0.2) is 28.5 Å². The lowest BCUT2D eigenvalue weighted by molar-refractivity contribution is 0.0783. The van der Waals surface area contributed by atoms with Crippen LogP contribution < -0.4 is 0 Å². The van der Waals surface area contributed by atoms with E-state index in [1.807, 2.05) is 20.9 Å². The molecule has 24 heavy (non-hydrogen) atoms. The van der Waals surface area contributed by atoms with Crippen molar-refractivity contribution in [3.05, 3.63) is 57.3 Å². The van der Waals surface area contributed by atoms with Crippen LogP contribution in [0.5, 0.6) is 0 Å². The van der Waals surface area contributed by atoms with Gasteiger partial charge in [-0.15, -0.1) is 11.3 Å². The lowest BCUT2D eigenvalue weighted by Gasteiger charge is -2.17. The number of likely N-dealkylation sites (tertiary alicyclic amines) is 1. The topological polar surface area (TPSA) is 25.2 Å². The second kappa shape index (κ2) is 6.33. The molecule has 1 saturated heterocycles. The third-order valence-corrected chi connectivity index (χ3v) is 6.27. The van der Waals surface area contributed by atoms with Gasteiger partial charge in [-0.25, -0.2) is 4.39 Å². The van der Waals surface area contributed by atoms with Gasteiger partial charge in [-0.05, 0) is 52.5 Å². The maximum atomic E-state index is 13.2. The Morgan fingerprint density at radius 2 is 1.92 bits per heavy atom. The summed E-state index contributed by atoms with van der Waals surface area (Å²) >= 11 is 5.22. The zero-order valence-electron chi connectivity index (χ0n) is 13.0. The van der Waals surface area contributed by atoms with E-state index in [9.17, 15) is 9.18 Å². The quantitative estimate of drug-likeness (QED) is 0.607. The maximum Gasteiger partial charge on any atom is 0.270 e. The van der Waals surface area contributed by atoms with Crippen LogP contribution in [0.4, 0.5) is 4.39 Å². The van der Waals surface area contributed by atoms with Crippen molar-refractivity contribution >= 4 is 43.4 Å². The molecule has 0 atom stereocenters. The second-order valence-corrected chi connectivity index (χ2v) is 7.80. The number of amides is 1. The molecule has 3 nitrogen and oxygen atoms in total. The molecule has 3 aromatic rings. The monoisotopic (exact) mass is 406 g/mol. The normalized spacial score (nSPS) is 14.7. The lowest BCUT2D eigenvalue weighted by Crippen LogP contribution is -2.29. The molecule has 4 rings (SSSR count). The Kier molecular flexibility index (Phi) is 4.18. The molecule has 0 aliphatic carbocycles. The smallest absolute Gasteiger partial charge is 0.270 e. The number of halogens is 2. The minimum absolute atomic E-state index is 0.0879. The molecule has 0 spiro atoms. The maximum absolute atomic E-state index is 13.2. The molecule has 2 aromatic heterocycles. The first-order chi connectivity index (χ1) is 11.6. The SMILES string of the molecule is O=C(c1cc2scc(Br)c2n1Cc1ccc(F)cc1)N1CCCC1. The number of rotatable bonds is 3. The zero-order valence-corrected chi connectivity index (χ0v) is 15.4. The van der Waals surface area contributed by atoms with Gasteiger partial charge in [-0.3, -0.25) is 4.79 Å².